The van der Waals surface area contributed by atoms with Crippen molar-refractivity contribution in [2.24, 2.45) is 0 Å². The second kappa shape index (κ2) is 7.96. The maximum atomic E-state index is 12.3. The number of carbonyl (C=O) groups excluding carboxylic acids is 2. The van der Waals surface area contributed by atoms with Crippen LogP contribution in [-0.2, 0) is 4.79 Å². The number of nitrogens with one attached hydrogen (secondary N) is 3. The summed E-state index contributed by atoms with van der Waals surface area (Å²) >= 11 is 0. The Kier molecular flexibility index (Phi) is 5.27. The van der Waals surface area contributed by atoms with E-state index in [0.717, 1.165) is 5.56 Å². The average Bonchev–Trinajstić information content (AvgIpc) is 2.71. The summed E-state index contributed by atoms with van der Waals surface area (Å²) in [6.45, 7) is 0. The number of para-hydroxylation sites is 1. The molecule has 0 saturated carbocycles. The van der Waals surface area contributed by atoms with Gasteiger partial charge in [-0.15, -0.1) is 0 Å². The predicted octanol–water partition coefficient (Wildman–Crippen LogP) is 1.41. The summed E-state index contributed by atoms with van der Waals surface area (Å²) in [5.74, 6) is -0.570. The molecule has 3 N–H and O–H groups in total. The zero-order valence-corrected chi connectivity index (χ0v) is 14.4. The summed E-state index contributed by atoms with van der Waals surface area (Å²) in [7, 11) is 1.54. The Morgan fingerprint density at radius 1 is 1.04 bits per heavy atom. The molecule has 27 heavy (non-hydrogen) atoms. The number of benzene rings is 2. The first-order valence-electron chi connectivity index (χ1n) is 7.99. The van der Waals surface area contributed by atoms with E-state index in [4.69, 9.17) is 4.74 Å². The topological polar surface area (TPSA) is 113 Å². The van der Waals surface area contributed by atoms with Gasteiger partial charge in [0.2, 0.25) is 0 Å². The highest BCUT2D eigenvalue weighted by Gasteiger charge is 2.14. The van der Waals surface area contributed by atoms with Crippen molar-refractivity contribution >= 4 is 28.7 Å². The van der Waals surface area contributed by atoms with Gasteiger partial charge < -0.3 is 4.74 Å². The fourth-order valence-electron chi connectivity index (χ4n) is 2.48. The van der Waals surface area contributed by atoms with E-state index in [-0.39, 0.29) is 5.69 Å². The minimum absolute atomic E-state index is 0.000733. The Balaban J connectivity index is 1.69. The lowest BCUT2D eigenvalue weighted by Crippen LogP contribution is -2.41. The minimum Gasteiger partial charge on any atom is -0.496 e. The lowest BCUT2D eigenvalue weighted by Gasteiger charge is -2.07. The number of H-pyrrole nitrogens is 1. The molecule has 2 aromatic carbocycles. The van der Waals surface area contributed by atoms with Gasteiger partial charge in [0.15, 0.2) is 5.69 Å². The molecule has 1 heterocycles. The zero-order chi connectivity index (χ0) is 19.2. The highest BCUT2D eigenvalue weighted by atomic mass is 16.5. The van der Waals surface area contributed by atoms with Crippen molar-refractivity contribution in [3.05, 3.63) is 76.2 Å². The van der Waals surface area contributed by atoms with Crippen LogP contribution in [0.2, 0.25) is 0 Å². The second-order valence-corrected chi connectivity index (χ2v) is 5.47. The van der Waals surface area contributed by atoms with Gasteiger partial charge in [0, 0.05) is 17.0 Å². The maximum Gasteiger partial charge on any atom is 0.290 e. The number of methoxy groups -OCH3 is 1. The van der Waals surface area contributed by atoms with Crippen molar-refractivity contribution in [2.45, 2.75) is 0 Å². The lowest BCUT2D eigenvalue weighted by molar-refractivity contribution is -0.117. The summed E-state index contributed by atoms with van der Waals surface area (Å²) in [4.78, 5) is 36.0. The van der Waals surface area contributed by atoms with Gasteiger partial charge in [0.25, 0.3) is 17.4 Å². The molecule has 0 atom stereocenters. The first kappa shape index (κ1) is 17.9. The summed E-state index contributed by atoms with van der Waals surface area (Å²) in [5.41, 5.74) is 4.86. The molecule has 3 rings (SSSR count). The number of amides is 2. The average molecular weight is 364 g/mol. The molecule has 136 valence electrons. The number of nitrogens with zero attached hydrogens (tertiary/aromatic N) is 1. The Morgan fingerprint density at radius 3 is 2.52 bits per heavy atom. The number of ether oxygens (including phenoxy) is 1. The Morgan fingerprint density at radius 2 is 1.74 bits per heavy atom. The van der Waals surface area contributed by atoms with Crippen LogP contribution in [0.1, 0.15) is 16.1 Å². The van der Waals surface area contributed by atoms with Crippen LogP contribution in [0.15, 0.2) is 59.4 Å². The molecule has 0 fully saturated rings. The molecule has 0 aliphatic heterocycles. The molecule has 0 bridgehead atoms. The first-order chi connectivity index (χ1) is 13.1. The Labute approximate surface area is 153 Å². The molecule has 0 aliphatic carbocycles. The highest BCUT2D eigenvalue weighted by molar-refractivity contribution is 6.05. The van der Waals surface area contributed by atoms with Crippen LogP contribution in [0, 0.1) is 0 Å². The third kappa shape index (κ3) is 4.01. The van der Waals surface area contributed by atoms with E-state index < -0.39 is 17.4 Å². The van der Waals surface area contributed by atoms with E-state index in [2.05, 4.69) is 21.0 Å². The van der Waals surface area contributed by atoms with Gasteiger partial charge in [0.05, 0.1) is 12.5 Å². The van der Waals surface area contributed by atoms with E-state index in [1.54, 1.807) is 42.5 Å². The Hall–Kier alpha value is -3.94. The molecule has 1 aromatic heterocycles. The smallest absolute Gasteiger partial charge is 0.290 e. The van der Waals surface area contributed by atoms with Crippen molar-refractivity contribution in [3.63, 3.8) is 0 Å². The van der Waals surface area contributed by atoms with Gasteiger partial charge in [-0.25, -0.2) is 5.10 Å². The molecule has 3 aromatic rings. The minimum atomic E-state index is -0.651. The van der Waals surface area contributed by atoms with Crippen LogP contribution < -0.4 is 21.1 Å². The van der Waals surface area contributed by atoms with Crippen molar-refractivity contribution in [1.82, 2.24) is 21.0 Å². The Bertz CT molecular complexity index is 1090. The number of carbonyl (C=O) groups is 2. The van der Waals surface area contributed by atoms with E-state index in [1.807, 2.05) is 12.1 Å². The van der Waals surface area contributed by atoms with Gasteiger partial charge in [-0.05, 0) is 18.2 Å². The van der Waals surface area contributed by atoms with Crippen molar-refractivity contribution in [3.8, 4) is 5.75 Å². The monoisotopic (exact) mass is 364 g/mol. The third-order valence-electron chi connectivity index (χ3n) is 3.76. The number of aromatic amines is 1. The number of hydrogen-bond acceptors (Lipinski definition) is 5. The number of rotatable bonds is 4. The molecule has 0 saturated heterocycles. The van der Waals surface area contributed by atoms with Gasteiger partial charge in [-0.1, -0.05) is 36.4 Å². The normalized spacial score (nSPS) is 10.7. The molecule has 0 unspecified atom stereocenters. The second-order valence-electron chi connectivity index (χ2n) is 5.47. The van der Waals surface area contributed by atoms with Crippen molar-refractivity contribution < 1.29 is 14.3 Å². The van der Waals surface area contributed by atoms with Crippen LogP contribution in [0.25, 0.3) is 16.8 Å². The standard InChI is InChI=1S/C19H16N4O4/c1-27-15-9-5-2-6-12(15)10-11-16(24)20-23-19(26)17-13-7-3-4-8-14(13)18(25)22-21-17/h2-11H,1H3,(H,20,24)(H,22,25)(H,23,26)/b11-10+. The molecule has 8 nitrogen and oxygen atoms in total. The van der Waals surface area contributed by atoms with E-state index in [0.29, 0.717) is 16.5 Å². The fraction of sp³-hybridized carbons (Fsp3) is 0.0526. The zero-order valence-electron chi connectivity index (χ0n) is 14.4. The van der Waals surface area contributed by atoms with E-state index >= 15 is 0 Å². The van der Waals surface area contributed by atoms with Crippen LogP contribution >= 0.6 is 0 Å². The van der Waals surface area contributed by atoms with Gasteiger partial charge in [0.1, 0.15) is 5.75 Å². The SMILES string of the molecule is COc1ccccc1/C=C/C(=O)NNC(=O)c1n[nH]c(=O)c2ccccc12. The molecule has 8 heteroatoms. The molecular weight excluding hydrogens is 348 g/mol. The molecule has 0 spiro atoms. The van der Waals surface area contributed by atoms with Gasteiger partial charge in [-0.2, -0.15) is 5.10 Å². The quantitative estimate of drug-likeness (QED) is 0.478. The summed E-state index contributed by atoms with van der Waals surface area (Å²) < 4.78 is 5.19. The predicted molar refractivity (Wildman–Crippen MR) is 100 cm³/mol. The molecule has 0 radical (unpaired) electrons. The lowest BCUT2D eigenvalue weighted by atomic mass is 10.1. The first-order valence-corrected chi connectivity index (χ1v) is 7.99. The van der Waals surface area contributed by atoms with Gasteiger partial charge in [-0.3, -0.25) is 25.2 Å². The molecule has 2 amide bonds. The van der Waals surface area contributed by atoms with Crippen molar-refractivity contribution in [2.75, 3.05) is 7.11 Å². The maximum absolute atomic E-state index is 12.3. The van der Waals surface area contributed by atoms with Crippen LogP contribution in [0.4, 0.5) is 0 Å². The van der Waals surface area contributed by atoms with Gasteiger partial charge >= 0.3 is 0 Å². The summed E-state index contributed by atoms with van der Waals surface area (Å²) in [6.07, 6.45) is 2.82. The summed E-state index contributed by atoms with van der Waals surface area (Å²) in [5, 5.41) is 6.75. The number of fused-ring (bicyclic) bond motifs is 1. The number of hydrazine groups is 1. The van der Waals surface area contributed by atoms with Crippen LogP contribution in [-0.4, -0.2) is 29.1 Å². The van der Waals surface area contributed by atoms with Crippen molar-refractivity contribution in [1.29, 1.82) is 0 Å². The molecular formula is C19H16N4O4. The largest absolute Gasteiger partial charge is 0.496 e. The molecule has 0 aliphatic rings. The fourth-order valence-corrected chi connectivity index (χ4v) is 2.48. The van der Waals surface area contributed by atoms with Crippen LogP contribution in [0.5, 0.6) is 5.75 Å². The summed E-state index contributed by atoms with van der Waals surface area (Å²) in [6, 6.07) is 13.8. The van der Waals surface area contributed by atoms with E-state index in [9.17, 15) is 14.4 Å². The number of aromatic nitrogens is 2. The van der Waals surface area contributed by atoms with Crippen LogP contribution in [0.3, 0.4) is 0 Å². The number of hydrogen-bond donors (Lipinski definition) is 3. The third-order valence-corrected chi connectivity index (χ3v) is 3.76. The van der Waals surface area contributed by atoms with E-state index in [1.165, 1.54) is 13.2 Å². The highest BCUT2D eigenvalue weighted by Crippen LogP contribution is 2.18.